The van der Waals surface area contributed by atoms with E-state index in [9.17, 15) is 4.79 Å². The van der Waals surface area contributed by atoms with Gasteiger partial charge in [0.2, 0.25) is 0 Å². The molecule has 2 heteroatoms. The minimum absolute atomic E-state index is 0.393. The summed E-state index contributed by atoms with van der Waals surface area (Å²) in [5.41, 5.74) is 0.921. The molecule has 1 rings (SSSR count). The molecule has 1 atom stereocenters. The number of carboxylic acids is 1. The molecule has 1 aromatic carbocycles. The highest BCUT2D eigenvalue weighted by Crippen LogP contribution is 2.00. The second-order valence-corrected chi connectivity index (χ2v) is 3.11. The Balaban J connectivity index is 2.53. The van der Waals surface area contributed by atoms with Crippen molar-refractivity contribution in [1.82, 2.24) is 0 Å². The summed E-state index contributed by atoms with van der Waals surface area (Å²) in [5.74, 6) is 4.57. The van der Waals surface area contributed by atoms with Gasteiger partial charge in [-0.25, -0.2) is 0 Å². The van der Waals surface area contributed by atoms with Crippen LogP contribution >= 0.6 is 0 Å². The molecule has 1 N–H and O–H groups in total. The van der Waals surface area contributed by atoms with Crippen LogP contribution in [0.5, 0.6) is 0 Å². The van der Waals surface area contributed by atoms with Gasteiger partial charge in [-0.1, -0.05) is 37.0 Å². The molecule has 0 spiro atoms. The number of aliphatic carboxylic acids is 1. The summed E-state index contributed by atoms with van der Waals surface area (Å²) in [7, 11) is 0. The van der Waals surface area contributed by atoms with Gasteiger partial charge < -0.3 is 5.11 Å². The van der Waals surface area contributed by atoms with Gasteiger partial charge in [-0.3, -0.25) is 4.79 Å². The van der Waals surface area contributed by atoms with Crippen molar-refractivity contribution in [2.75, 3.05) is 0 Å². The van der Waals surface area contributed by atoms with E-state index in [1.54, 1.807) is 6.92 Å². The lowest BCUT2D eigenvalue weighted by Crippen LogP contribution is -2.07. The standard InChI is InChI=1S/C12H12O2/c1-10(12(13)14)6-5-9-11-7-3-2-4-8-11/h2-4,7-8,10H,6H2,1H3,(H,13,14)/t10-/m0/s1. The Bertz CT molecular complexity index is 357. The summed E-state index contributed by atoms with van der Waals surface area (Å²) < 4.78 is 0. The van der Waals surface area contributed by atoms with Crippen LogP contribution in [0.15, 0.2) is 30.3 Å². The van der Waals surface area contributed by atoms with Crippen molar-refractivity contribution >= 4 is 5.97 Å². The second kappa shape index (κ2) is 5.08. The molecular weight excluding hydrogens is 176 g/mol. The maximum atomic E-state index is 10.5. The zero-order valence-corrected chi connectivity index (χ0v) is 8.03. The fourth-order valence-electron chi connectivity index (χ4n) is 0.915. The molecule has 0 saturated carbocycles. The Labute approximate surface area is 83.6 Å². The third-order valence-corrected chi connectivity index (χ3v) is 1.84. The molecule has 0 aliphatic carbocycles. The molecule has 1 aromatic rings. The van der Waals surface area contributed by atoms with E-state index in [1.807, 2.05) is 30.3 Å². The van der Waals surface area contributed by atoms with Crippen LogP contribution in [-0.4, -0.2) is 11.1 Å². The number of rotatable bonds is 2. The maximum Gasteiger partial charge on any atom is 0.307 e. The van der Waals surface area contributed by atoms with E-state index in [0.717, 1.165) is 5.56 Å². The number of hydrogen-bond donors (Lipinski definition) is 1. The van der Waals surface area contributed by atoms with Crippen molar-refractivity contribution in [2.45, 2.75) is 13.3 Å². The second-order valence-electron chi connectivity index (χ2n) is 3.11. The molecule has 0 radical (unpaired) electrons. The predicted molar refractivity (Wildman–Crippen MR) is 54.7 cm³/mol. The van der Waals surface area contributed by atoms with E-state index >= 15 is 0 Å². The predicted octanol–water partition coefficient (Wildman–Crippen LogP) is 2.15. The fourth-order valence-corrected chi connectivity index (χ4v) is 0.915. The number of carboxylic acid groups (broad SMARTS) is 1. The molecule has 0 heterocycles. The summed E-state index contributed by atoms with van der Waals surface area (Å²) in [6, 6.07) is 9.54. The van der Waals surface area contributed by atoms with Gasteiger partial charge in [0.1, 0.15) is 0 Å². The molecular formula is C12H12O2. The van der Waals surface area contributed by atoms with E-state index < -0.39 is 11.9 Å². The highest BCUT2D eigenvalue weighted by Gasteiger charge is 2.07. The summed E-state index contributed by atoms with van der Waals surface area (Å²) in [4.78, 5) is 10.5. The quantitative estimate of drug-likeness (QED) is 0.722. The fraction of sp³-hybridized carbons (Fsp3) is 0.250. The van der Waals surface area contributed by atoms with Gasteiger partial charge in [0.05, 0.1) is 5.92 Å². The molecule has 14 heavy (non-hydrogen) atoms. The monoisotopic (exact) mass is 188 g/mol. The Morgan fingerprint density at radius 3 is 2.64 bits per heavy atom. The van der Waals surface area contributed by atoms with Crippen molar-refractivity contribution < 1.29 is 9.90 Å². The maximum absolute atomic E-state index is 10.5. The first-order valence-corrected chi connectivity index (χ1v) is 4.47. The minimum atomic E-state index is -0.799. The highest BCUT2D eigenvalue weighted by molar-refractivity contribution is 5.69. The van der Waals surface area contributed by atoms with Crippen LogP contribution in [-0.2, 0) is 4.79 Å². The number of carbonyl (C=O) groups is 1. The topological polar surface area (TPSA) is 37.3 Å². The molecule has 0 aliphatic rings. The number of hydrogen-bond acceptors (Lipinski definition) is 1. The molecule has 0 bridgehead atoms. The van der Waals surface area contributed by atoms with Crippen molar-refractivity contribution in [1.29, 1.82) is 0 Å². The third-order valence-electron chi connectivity index (χ3n) is 1.84. The molecule has 0 unspecified atom stereocenters. The van der Waals surface area contributed by atoms with Crippen LogP contribution < -0.4 is 0 Å². The normalized spacial score (nSPS) is 11.2. The summed E-state index contributed by atoms with van der Waals surface area (Å²) in [5, 5.41) is 8.61. The lowest BCUT2D eigenvalue weighted by atomic mass is 10.1. The van der Waals surface area contributed by atoms with E-state index in [-0.39, 0.29) is 0 Å². The Kier molecular flexibility index (Phi) is 3.75. The lowest BCUT2D eigenvalue weighted by molar-refractivity contribution is -0.140. The molecule has 0 amide bonds. The summed E-state index contributed by atoms with van der Waals surface area (Å²) in [6.07, 6.45) is 0.393. The molecule has 0 saturated heterocycles. The largest absolute Gasteiger partial charge is 0.481 e. The Morgan fingerprint density at radius 2 is 2.07 bits per heavy atom. The minimum Gasteiger partial charge on any atom is -0.481 e. The van der Waals surface area contributed by atoms with Gasteiger partial charge >= 0.3 is 5.97 Å². The van der Waals surface area contributed by atoms with Gasteiger partial charge in [0, 0.05) is 12.0 Å². The van der Waals surface area contributed by atoms with E-state index in [0.29, 0.717) is 6.42 Å². The van der Waals surface area contributed by atoms with Crippen LogP contribution in [0.1, 0.15) is 18.9 Å². The van der Waals surface area contributed by atoms with Crippen molar-refractivity contribution in [3.8, 4) is 11.8 Å². The Morgan fingerprint density at radius 1 is 1.43 bits per heavy atom. The van der Waals surface area contributed by atoms with Gasteiger partial charge in [0.15, 0.2) is 0 Å². The zero-order chi connectivity index (χ0) is 10.4. The smallest absolute Gasteiger partial charge is 0.307 e. The molecule has 0 fully saturated rings. The van der Waals surface area contributed by atoms with Crippen LogP contribution in [0, 0.1) is 17.8 Å². The first-order valence-electron chi connectivity index (χ1n) is 4.47. The van der Waals surface area contributed by atoms with Crippen LogP contribution in [0.3, 0.4) is 0 Å². The van der Waals surface area contributed by atoms with Crippen LogP contribution in [0.2, 0.25) is 0 Å². The first-order chi connectivity index (χ1) is 6.70. The SMILES string of the molecule is C[C@@H](CC#Cc1ccccc1)C(=O)O. The molecule has 72 valence electrons. The van der Waals surface area contributed by atoms with E-state index in [1.165, 1.54) is 0 Å². The van der Waals surface area contributed by atoms with E-state index in [2.05, 4.69) is 11.8 Å². The van der Waals surface area contributed by atoms with Gasteiger partial charge in [-0.05, 0) is 12.1 Å². The van der Waals surface area contributed by atoms with Crippen LogP contribution in [0.25, 0.3) is 0 Å². The van der Waals surface area contributed by atoms with Gasteiger partial charge in [0.25, 0.3) is 0 Å². The van der Waals surface area contributed by atoms with Crippen molar-refractivity contribution in [2.24, 2.45) is 5.92 Å². The van der Waals surface area contributed by atoms with Gasteiger partial charge in [-0.15, -0.1) is 0 Å². The summed E-state index contributed by atoms with van der Waals surface area (Å²) in [6.45, 7) is 1.65. The zero-order valence-electron chi connectivity index (χ0n) is 8.03. The Hall–Kier alpha value is -1.75. The molecule has 0 aliphatic heterocycles. The van der Waals surface area contributed by atoms with E-state index in [4.69, 9.17) is 5.11 Å². The summed E-state index contributed by atoms with van der Waals surface area (Å²) >= 11 is 0. The van der Waals surface area contributed by atoms with Crippen molar-refractivity contribution in [3.05, 3.63) is 35.9 Å². The molecule has 0 aromatic heterocycles. The van der Waals surface area contributed by atoms with Crippen molar-refractivity contribution in [3.63, 3.8) is 0 Å². The average molecular weight is 188 g/mol. The highest BCUT2D eigenvalue weighted by atomic mass is 16.4. The molecule has 2 nitrogen and oxygen atoms in total. The number of benzene rings is 1. The average Bonchev–Trinajstić information content (AvgIpc) is 2.19. The van der Waals surface area contributed by atoms with Crippen LogP contribution in [0.4, 0.5) is 0 Å². The lowest BCUT2D eigenvalue weighted by Gasteiger charge is -1.97. The first kappa shape index (κ1) is 10.3. The van der Waals surface area contributed by atoms with Gasteiger partial charge in [-0.2, -0.15) is 0 Å². The third kappa shape index (κ3) is 3.32.